The Labute approximate surface area is 284 Å². The molecule has 0 radical (unpaired) electrons. The third-order valence-electron chi connectivity index (χ3n) is 8.54. The number of rotatable bonds is 7. The number of phenolic OH excluding ortho intramolecular Hbond substituents is 2. The second kappa shape index (κ2) is 12.0. The number of amides is 2. The Balaban J connectivity index is 1.24. The van der Waals surface area contributed by atoms with E-state index in [1.54, 1.807) is 30.3 Å². The van der Waals surface area contributed by atoms with Gasteiger partial charge in [0, 0.05) is 47.5 Å². The molecule has 0 aliphatic carbocycles. The number of ether oxygens (including phenoxy) is 3. The molecule has 1 aromatic heterocycles. The molecule has 2 amide bonds. The molecule has 7 rings (SSSR count). The lowest BCUT2D eigenvalue weighted by Gasteiger charge is -2.36. The normalized spacial score (nSPS) is 13.4. The molecule has 13 heteroatoms. The monoisotopic (exact) mass is 672 g/mol. The summed E-state index contributed by atoms with van der Waals surface area (Å²) in [5.74, 6) is -2.48. The lowest BCUT2D eigenvalue weighted by Crippen LogP contribution is -2.36. The molecule has 0 unspecified atom stereocenters. The van der Waals surface area contributed by atoms with Crippen molar-refractivity contribution in [1.82, 2.24) is 14.9 Å². The van der Waals surface area contributed by atoms with Gasteiger partial charge in [-0.25, -0.2) is 9.78 Å². The van der Waals surface area contributed by atoms with Crippen LogP contribution in [0.25, 0.3) is 0 Å². The van der Waals surface area contributed by atoms with Crippen LogP contribution in [0.2, 0.25) is 0 Å². The topological polar surface area (TPSA) is 191 Å². The summed E-state index contributed by atoms with van der Waals surface area (Å²) in [5, 5.41) is 20.4. The minimum atomic E-state index is -1.65. The van der Waals surface area contributed by atoms with Crippen molar-refractivity contribution < 1.29 is 43.6 Å². The summed E-state index contributed by atoms with van der Waals surface area (Å²) in [4.78, 5) is 63.1. The molecule has 4 N–H and O–H groups in total. The molecule has 0 saturated carbocycles. The number of hydrogen-bond donors (Lipinski definition) is 3. The van der Waals surface area contributed by atoms with Gasteiger partial charge in [-0.15, -0.1) is 0 Å². The second-order valence-electron chi connectivity index (χ2n) is 11.8. The molecule has 3 heterocycles. The van der Waals surface area contributed by atoms with Gasteiger partial charge in [-0.1, -0.05) is 30.3 Å². The van der Waals surface area contributed by atoms with Crippen LogP contribution in [0.15, 0.2) is 85.1 Å². The van der Waals surface area contributed by atoms with Crippen molar-refractivity contribution in [3.05, 3.63) is 130 Å². The molecule has 2 aliphatic heterocycles. The van der Waals surface area contributed by atoms with Crippen LogP contribution in [0.5, 0.6) is 29.0 Å². The van der Waals surface area contributed by atoms with Crippen LogP contribution >= 0.6 is 0 Å². The van der Waals surface area contributed by atoms with Crippen molar-refractivity contribution in [3.63, 3.8) is 0 Å². The SMILES string of the molecule is CC(=O)c1c(C(=O)N(Cc2ccc(COc3nccc(N)n3)cc2)C(C)=O)ccc2c1C(=O)OC21c2ccc(O)cc2Oc2cc(O)ccc21. The standard InChI is InChI=1S/C37H28N4O9/c1-19(42)32-25(34(46)41(20(2)43)17-21-3-5-22(6-4-21)18-48-36-39-14-13-31(38)40-36)9-12-28-33(32)35(47)50-37(28)26-10-7-23(44)15-29(26)49-30-16-24(45)8-11-27(30)37/h3-16,44-45H,17-18H2,1-2H3,(H2,38,39,40). The number of phenols is 2. The van der Waals surface area contributed by atoms with E-state index in [-0.39, 0.29) is 70.2 Å². The van der Waals surface area contributed by atoms with E-state index >= 15 is 0 Å². The maximum absolute atomic E-state index is 14.1. The first-order valence-electron chi connectivity index (χ1n) is 15.3. The minimum absolute atomic E-state index is 0.114. The minimum Gasteiger partial charge on any atom is -0.508 e. The average molecular weight is 673 g/mol. The van der Waals surface area contributed by atoms with Gasteiger partial charge in [-0.3, -0.25) is 19.3 Å². The molecular weight excluding hydrogens is 644 g/mol. The number of nitrogen functional groups attached to an aromatic ring is 1. The summed E-state index contributed by atoms with van der Waals surface area (Å²) >= 11 is 0. The Kier molecular flexibility index (Phi) is 7.66. The van der Waals surface area contributed by atoms with E-state index in [9.17, 15) is 29.4 Å². The highest BCUT2D eigenvalue weighted by atomic mass is 16.6. The van der Waals surface area contributed by atoms with Crippen LogP contribution < -0.4 is 15.2 Å². The number of ketones is 1. The fourth-order valence-electron chi connectivity index (χ4n) is 6.30. The van der Waals surface area contributed by atoms with Crippen LogP contribution in [0.3, 0.4) is 0 Å². The van der Waals surface area contributed by atoms with Gasteiger partial charge in [-0.05, 0) is 54.4 Å². The zero-order valence-corrected chi connectivity index (χ0v) is 26.7. The number of aromatic hydroxyl groups is 2. The Morgan fingerprint density at radius 2 is 1.48 bits per heavy atom. The number of benzene rings is 4. The maximum Gasteiger partial charge on any atom is 0.340 e. The third kappa shape index (κ3) is 5.30. The number of imide groups is 1. The fourth-order valence-corrected chi connectivity index (χ4v) is 6.30. The highest BCUT2D eigenvalue weighted by Gasteiger charge is 2.55. The average Bonchev–Trinajstić information content (AvgIpc) is 3.37. The zero-order valence-electron chi connectivity index (χ0n) is 26.7. The van der Waals surface area contributed by atoms with E-state index < -0.39 is 29.2 Å². The van der Waals surface area contributed by atoms with E-state index in [0.717, 1.165) is 10.5 Å². The summed E-state index contributed by atoms with van der Waals surface area (Å²) in [5.41, 5.74) is 5.87. The van der Waals surface area contributed by atoms with E-state index in [0.29, 0.717) is 16.7 Å². The summed E-state index contributed by atoms with van der Waals surface area (Å²) in [6.45, 7) is 2.48. The van der Waals surface area contributed by atoms with Gasteiger partial charge in [0.05, 0.1) is 17.7 Å². The van der Waals surface area contributed by atoms with Crippen molar-refractivity contribution in [2.75, 3.05) is 5.73 Å². The van der Waals surface area contributed by atoms with Gasteiger partial charge < -0.3 is 30.2 Å². The van der Waals surface area contributed by atoms with Crippen molar-refractivity contribution in [1.29, 1.82) is 0 Å². The number of esters is 1. The predicted molar refractivity (Wildman–Crippen MR) is 176 cm³/mol. The van der Waals surface area contributed by atoms with Crippen molar-refractivity contribution in [3.8, 4) is 29.0 Å². The third-order valence-corrected chi connectivity index (χ3v) is 8.54. The van der Waals surface area contributed by atoms with E-state index in [1.807, 2.05) is 0 Å². The molecule has 50 heavy (non-hydrogen) atoms. The zero-order chi connectivity index (χ0) is 35.3. The first kappa shape index (κ1) is 31.8. The number of carbonyl (C=O) groups excluding carboxylic acids is 4. The van der Waals surface area contributed by atoms with Crippen LogP contribution in [0.4, 0.5) is 5.82 Å². The number of nitrogens with zero attached hydrogens (tertiary/aromatic N) is 3. The van der Waals surface area contributed by atoms with Crippen molar-refractivity contribution in [2.45, 2.75) is 32.6 Å². The Morgan fingerprint density at radius 1 is 0.860 bits per heavy atom. The molecule has 1 spiro atoms. The molecule has 5 aromatic rings. The molecule has 0 saturated heterocycles. The van der Waals surface area contributed by atoms with Gasteiger partial charge in [0.2, 0.25) is 5.91 Å². The van der Waals surface area contributed by atoms with Gasteiger partial charge >= 0.3 is 12.0 Å². The first-order chi connectivity index (χ1) is 24.0. The predicted octanol–water partition coefficient (Wildman–Crippen LogP) is 5.01. The first-order valence-corrected chi connectivity index (χ1v) is 15.3. The molecule has 0 atom stereocenters. The van der Waals surface area contributed by atoms with E-state index in [4.69, 9.17) is 19.9 Å². The smallest absolute Gasteiger partial charge is 0.340 e. The maximum atomic E-state index is 14.1. The molecule has 13 nitrogen and oxygen atoms in total. The Bertz CT molecular complexity index is 2200. The number of Topliss-reactive ketones (excluding diaryl/α,β-unsaturated/α-hetero) is 1. The largest absolute Gasteiger partial charge is 0.508 e. The lowest BCUT2D eigenvalue weighted by molar-refractivity contribution is -0.126. The van der Waals surface area contributed by atoms with Gasteiger partial charge in [0.25, 0.3) is 5.91 Å². The molecule has 250 valence electrons. The number of anilines is 1. The quantitative estimate of drug-likeness (QED) is 0.155. The summed E-state index contributed by atoms with van der Waals surface area (Å²) in [7, 11) is 0. The number of carbonyl (C=O) groups is 4. The summed E-state index contributed by atoms with van der Waals surface area (Å²) in [6.07, 6.45) is 1.48. The van der Waals surface area contributed by atoms with Crippen LogP contribution in [-0.2, 0) is 28.3 Å². The van der Waals surface area contributed by atoms with Gasteiger partial charge in [0.15, 0.2) is 11.4 Å². The lowest BCUT2D eigenvalue weighted by atomic mass is 9.76. The number of aromatic nitrogens is 2. The number of nitrogens with two attached hydrogens (primary N) is 1. The second-order valence-corrected chi connectivity index (χ2v) is 11.8. The summed E-state index contributed by atoms with van der Waals surface area (Å²) in [6, 6.07) is 20.1. The van der Waals surface area contributed by atoms with Crippen molar-refractivity contribution in [2.24, 2.45) is 0 Å². The molecular formula is C37H28N4O9. The van der Waals surface area contributed by atoms with Crippen molar-refractivity contribution >= 4 is 29.4 Å². The van der Waals surface area contributed by atoms with Crippen LogP contribution in [0.1, 0.15) is 72.7 Å². The van der Waals surface area contributed by atoms with Gasteiger partial charge in [0.1, 0.15) is 35.4 Å². The molecule has 0 bridgehead atoms. The Morgan fingerprint density at radius 3 is 2.08 bits per heavy atom. The summed E-state index contributed by atoms with van der Waals surface area (Å²) < 4.78 is 17.7. The highest BCUT2D eigenvalue weighted by molar-refractivity contribution is 6.17. The van der Waals surface area contributed by atoms with Gasteiger partial charge in [-0.2, -0.15) is 4.98 Å². The molecule has 2 aliphatic rings. The van der Waals surface area contributed by atoms with Crippen LogP contribution in [0, 0.1) is 0 Å². The van der Waals surface area contributed by atoms with Crippen LogP contribution in [-0.4, -0.2) is 48.6 Å². The number of fused-ring (bicyclic) bond motifs is 6. The molecule has 4 aromatic carbocycles. The van der Waals surface area contributed by atoms with E-state index in [1.165, 1.54) is 68.6 Å². The highest BCUT2D eigenvalue weighted by Crippen LogP contribution is 2.57. The Hall–Kier alpha value is -6.76. The molecule has 0 fully saturated rings. The fraction of sp³-hybridized carbons (Fsp3) is 0.135. The van der Waals surface area contributed by atoms with E-state index in [2.05, 4.69) is 9.97 Å². The number of hydrogen-bond acceptors (Lipinski definition) is 12.